The zero-order valence-corrected chi connectivity index (χ0v) is 18.9. The molecule has 168 valence electrons. The van der Waals surface area contributed by atoms with E-state index in [1.807, 2.05) is 59.5 Å². The summed E-state index contributed by atoms with van der Waals surface area (Å²) in [7, 11) is 3.54. The van der Waals surface area contributed by atoms with E-state index in [1.165, 1.54) is 18.4 Å². The van der Waals surface area contributed by atoms with Crippen LogP contribution in [-0.4, -0.2) is 54.4 Å². The summed E-state index contributed by atoms with van der Waals surface area (Å²) in [5.74, 6) is 1.71. The van der Waals surface area contributed by atoms with Gasteiger partial charge in [0.05, 0.1) is 25.0 Å². The first kappa shape index (κ1) is 21.9. The Morgan fingerprint density at radius 3 is 2.56 bits per heavy atom. The highest BCUT2D eigenvalue weighted by Crippen LogP contribution is 2.31. The lowest BCUT2D eigenvalue weighted by atomic mass is 10.0. The van der Waals surface area contributed by atoms with Crippen molar-refractivity contribution in [3.8, 4) is 11.4 Å². The number of guanidine groups is 1. The smallest absolute Gasteiger partial charge is 0.191 e. The quantitative estimate of drug-likeness (QED) is 0.422. The van der Waals surface area contributed by atoms with Gasteiger partial charge in [0.15, 0.2) is 5.96 Å². The average Bonchev–Trinajstić information content (AvgIpc) is 3.55. The predicted octanol–water partition coefficient (Wildman–Crippen LogP) is 3.38. The maximum absolute atomic E-state index is 5.65. The molecule has 7 nitrogen and oxygen atoms in total. The molecule has 1 unspecified atom stereocenters. The van der Waals surface area contributed by atoms with Crippen LogP contribution in [0.25, 0.3) is 5.69 Å². The van der Waals surface area contributed by atoms with Gasteiger partial charge in [-0.05, 0) is 44.1 Å². The number of ether oxygens (including phenoxy) is 1. The lowest BCUT2D eigenvalue weighted by Gasteiger charge is -2.30. The average molecular weight is 433 g/mol. The fourth-order valence-corrected chi connectivity index (χ4v) is 4.20. The monoisotopic (exact) mass is 432 g/mol. The number of rotatable bonds is 8. The molecule has 0 bridgehead atoms. The maximum Gasteiger partial charge on any atom is 0.191 e. The van der Waals surface area contributed by atoms with Gasteiger partial charge in [0.2, 0.25) is 0 Å². The van der Waals surface area contributed by atoms with Crippen molar-refractivity contribution in [2.24, 2.45) is 4.99 Å². The van der Waals surface area contributed by atoms with Crippen molar-refractivity contribution in [3.63, 3.8) is 0 Å². The fraction of sp³-hybridized carbons (Fsp3) is 0.360. The summed E-state index contributed by atoms with van der Waals surface area (Å²) < 4.78 is 7.54. The van der Waals surface area contributed by atoms with Crippen molar-refractivity contribution < 1.29 is 4.74 Å². The number of para-hydroxylation sites is 2. The summed E-state index contributed by atoms with van der Waals surface area (Å²) >= 11 is 0. The van der Waals surface area contributed by atoms with E-state index in [2.05, 4.69) is 37.8 Å². The molecule has 1 atom stereocenters. The first-order chi connectivity index (χ1) is 15.8. The molecule has 1 aliphatic rings. The first-order valence-corrected chi connectivity index (χ1v) is 11.2. The van der Waals surface area contributed by atoms with E-state index in [0.29, 0.717) is 6.54 Å². The topological polar surface area (TPSA) is 66.7 Å². The summed E-state index contributed by atoms with van der Waals surface area (Å²) in [5, 5.41) is 11.4. The van der Waals surface area contributed by atoms with Crippen molar-refractivity contribution >= 4 is 5.96 Å². The zero-order chi connectivity index (χ0) is 22.2. The van der Waals surface area contributed by atoms with E-state index < -0.39 is 0 Å². The van der Waals surface area contributed by atoms with E-state index in [9.17, 15) is 0 Å². The largest absolute Gasteiger partial charge is 0.496 e. The van der Waals surface area contributed by atoms with Gasteiger partial charge in [0.1, 0.15) is 5.75 Å². The number of aromatic nitrogens is 2. The van der Waals surface area contributed by atoms with Gasteiger partial charge in [0.25, 0.3) is 0 Å². The minimum absolute atomic E-state index is 0.230. The number of nitrogens with one attached hydrogen (secondary N) is 2. The van der Waals surface area contributed by atoms with Crippen LogP contribution < -0.4 is 15.4 Å². The number of benzene rings is 2. The molecule has 4 rings (SSSR count). The van der Waals surface area contributed by atoms with Gasteiger partial charge in [-0.15, -0.1) is 0 Å². The first-order valence-electron chi connectivity index (χ1n) is 11.2. The number of methoxy groups -OCH3 is 1. The van der Waals surface area contributed by atoms with Gasteiger partial charge < -0.3 is 15.4 Å². The molecule has 32 heavy (non-hydrogen) atoms. The van der Waals surface area contributed by atoms with Gasteiger partial charge in [0, 0.05) is 37.5 Å². The summed E-state index contributed by atoms with van der Waals surface area (Å²) in [6.07, 6.45) is 6.40. The molecule has 7 heteroatoms. The molecule has 2 N–H and O–H groups in total. The third-order valence-corrected chi connectivity index (χ3v) is 5.88. The van der Waals surface area contributed by atoms with Crippen molar-refractivity contribution in [2.75, 3.05) is 33.8 Å². The molecule has 1 aliphatic heterocycles. The normalized spacial score (nSPS) is 15.5. The Bertz CT molecular complexity index is 1010. The standard InChI is InChI=1S/C25H32N6O/c1-26-25(27-16-20-17-29-31(19-20)21-10-4-3-5-11-21)28-18-23(30-14-8-9-15-30)22-12-6-7-13-24(22)32-2/h3-7,10-13,17,19,23H,8-9,14-16,18H2,1-2H3,(H2,26,27,28). The van der Waals surface area contributed by atoms with E-state index in [0.717, 1.165) is 42.6 Å². The number of aliphatic imine (C=N–C) groups is 1. The third kappa shape index (κ3) is 5.29. The fourth-order valence-electron chi connectivity index (χ4n) is 4.20. The Morgan fingerprint density at radius 1 is 1.06 bits per heavy atom. The van der Waals surface area contributed by atoms with Gasteiger partial charge in [-0.3, -0.25) is 9.89 Å². The SMILES string of the molecule is CN=C(NCc1cnn(-c2ccccc2)c1)NCC(c1ccccc1OC)N1CCCC1. The molecule has 2 heterocycles. The summed E-state index contributed by atoms with van der Waals surface area (Å²) in [5.41, 5.74) is 3.35. The van der Waals surface area contributed by atoms with Crippen LogP contribution in [0.3, 0.4) is 0 Å². The second kappa shape index (κ2) is 10.8. The van der Waals surface area contributed by atoms with E-state index in [4.69, 9.17) is 4.74 Å². The van der Waals surface area contributed by atoms with Crippen LogP contribution in [0, 0.1) is 0 Å². The number of hydrogen-bond acceptors (Lipinski definition) is 4. The molecule has 0 amide bonds. The molecule has 3 aromatic rings. The highest BCUT2D eigenvalue weighted by Gasteiger charge is 2.26. The zero-order valence-electron chi connectivity index (χ0n) is 18.9. The van der Waals surface area contributed by atoms with Crippen molar-refractivity contribution in [2.45, 2.75) is 25.4 Å². The third-order valence-electron chi connectivity index (χ3n) is 5.88. The number of nitrogens with zero attached hydrogens (tertiary/aromatic N) is 4. The number of likely N-dealkylation sites (tertiary alicyclic amines) is 1. The van der Waals surface area contributed by atoms with Gasteiger partial charge in [-0.2, -0.15) is 5.10 Å². The van der Waals surface area contributed by atoms with Crippen molar-refractivity contribution in [1.82, 2.24) is 25.3 Å². The van der Waals surface area contributed by atoms with E-state index in [-0.39, 0.29) is 6.04 Å². The minimum Gasteiger partial charge on any atom is -0.496 e. The Morgan fingerprint density at radius 2 is 1.81 bits per heavy atom. The van der Waals surface area contributed by atoms with Crippen LogP contribution in [0.5, 0.6) is 5.75 Å². The summed E-state index contributed by atoms with van der Waals surface area (Å²) in [6.45, 7) is 3.61. The van der Waals surface area contributed by atoms with E-state index in [1.54, 1.807) is 14.2 Å². The Labute approximate surface area is 190 Å². The minimum atomic E-state index is 0.230. The van der Waals surface area contributed by atoms with E-state index >= 15 is 0 Å². The molecule has 1 saturated heterocycles. The lowest BCUT2D eigenvalue weighted by Crippen LogP contribution is -2.42. The molecule has 0 saturated carbocycles. The van der Waals surface area contributed by atoms with Gasteiger partial charge >= 0.3 is 0 Å². The predicted molar refractivity (Wildman–Crippen MR) is 128 cm³/mol. The molecular weight excluding hydrogens is 400 g/mol. The van der Waals surface area contributed by atoms with Crippen molar-refractivity contribution in [3.05, 3.63) is 78.1 Å². The van der Waals surface area contributed by atoms with Crippen LogP contribution in [0.2, 0.25) is 0 Å². The van der Waals surface area contributed by atoms with Crippen LogP contribution in [0.4, 0.5) is 0 Å². The Hall–Kier alpha value is -3.32. The summed E-state index contributed by atoms with van der Waals surface area (Å²) in [4.78, 5) is 6.95. The van der Waals surface area contributed by atoms with Crippen LogP contribution in [-0.2, 0) is 6.54 Å². The molecule has 0 spiro atoms. The molecule has 1 aromatic heterocycles. The second-order valence-corrected chi connectivity index (χ2v) is 7.94. The van der Waals surface area contributed by atoms with Crippen LogP contribution in [0.15, 0.2) is 72.0 Å². The molecular formula is C25H32N6O. The number of hydrogen-bond donors (Lipinski definition) is 2. The molecule has 0 aliphatic carbocycles. The van der Waals surface area contributed by atoms with Gasteiger partial charge in [-0.1, -0.05) is 36.4 Å². The highest BCUT2D eigenvalue weighted by molar-refractivity contribution is 5.79. The van der Waals surface area contributed by atoms with Crippen LogP contribution >= 0.6 is 0 Å². The second-order valence-electron chi connectivity index (χ2n) is 7.94. The van der Waals surface area contributed by atoms with Gasteiger partial charge in [-0.25, -0.2) is 4.68 Å². The summed E-state index contributed by atoms with van der Waals surface area (Å²) in [6, 6.07) is 18.7. The molecule has 2 aromatic carbocycles. The molecule has 0 radical (unpaired) electrons. The van der Waals surface area contributed by atoms with Crippen LogP contribution in [0.1, 0.15) is 30.0 Å². The van der Waals surface area contributed by atoms with Crippen molar-refractivity contribution in [1.29, 1.82) is 0 Å². The Balaban J connectivity index is 1.38. The Kier molecular flexibility index (Phi) is 7.40. The maximum atomic E-state index is 5.65. The molecule has 1 fully saturated rings. The lowest BCUT2D eigenvalue weighted by molar-refractivity contribution is 0.239. The highest BCUT2D eigenvalue weighted by atomic mass is 16.5.